The summed E-state index contributed by atoms with van der Waals surface area (Å²) in [5, 5.41) is 3.09. The Morgan fingerprint density at radius 3 is 2.47 bits per heavy atom. The lowest BCUT2D eigenvalue weighted by molar-refractivity contribution is -0.121. The van der Waals surface area contributed by atoms with Crippen molar-refractivity contribution in [3.63, 3.8) is 0 Å². The normalized spacial score (nSPS) is 15.8. The molecule has 2 aromatic carbocycles. The van der Waals surface area contributed by atoms with Gasteiger partial charge in [-0.3, -0.25) is 4.79 Å². The number of methoxy groups -OCH3 is 1. The van der Waals surface area contributed by atoms with E-state index in [9.17, 15) is 13.2 Å². The zero-order valence-corrected chi connectivity index (χ0v) is 19.8. The second kappa shape index (κ2) is 10.9. The number of benzene rings is 2. The lowest BCUT2D eigenvalue weighted by Gasteiger charge is -2.26. The Balaban J connectivity index is 1.70. The van der Waals surface area contributed by atoms with E-state index in [-0.39, 0.29) is 23.3 Å². The summed E-state index contributed by atoms with van der Waals surface area (Å²) in [4.78, 5) is 12.9. The van der Waals surface area contributed by atoms with E-state index in [1.165, 1.54) is 9.87 Å². The van der Waals surface area contributed by atoms with E-state index in [0.29, 0.717) is 44.0 Å². The SMILES string of the molecule is CCC(NC(=O)CCc1cc(S(=O)(=O)N2CCOCC2)ccc1OC)c1ccc(C)cc1. The fourth-order valence-corrected chi connectivity index (χ4v) is 5.24. The van der Waals surface area contributed by atoms with Crippen LogP contribution in [0.4, 0.5) is 0 Å². The van der Waals surface area contributed by atoms with Crippen molar-refractivity contribution < 1.29 is 22.7 Å². The number of hydrogen-bond donors (Lipinski definition) is 1. The molecule has 1 aliphatic heterocycles. The Bertz CT molecular complexity index is 1020. The van der Waals surface area contributed by atoms with Gasteiger partial charge in [0.15, 0.2) is 0 Å². The molecule has 0 saturated carbocycles. The maximum Gasteiger partial charge on any atom is 0.243 e. The first-order valence-corrected chi connectivity index (χ1v) is 12.4. The molecule has 1 atom stereocenters. The van der Waals surface area contributed by atoms with Crippen LogP contribution in [0.25, 0.3) is 0 Å². The Kier molecular flexibility index (Phi) is 8.28. The molecule has 1 heterocycles. The summed E-state index contributed by atoms with van der Waals surface area (Å²) < 4.78 is 38.1. The van der Waals surface area contributed by atoms with Gasteiger partial charge in [-0.25, -0.2) is 8.42 Å². The van der Waals surface area contributed by atoms with E-state index in [0.717, 1.165) is 12.0 Å². The Hall–Kier alpha value is -2.42. The number of carbonyl (C=O) groups excluding carboxylic acids is 1. The number of amides is 1. The van der Waals surface area contributed by atoms with Crippen molar-refractivity contribution >= 4 is 15.9 Å². The smallest absolute Gasteiger partial charge is 0.243 e. The fourth-order valence-electron chi connectivity index (χ4n) is 3.78. The Morgan fingerprint density at radius 2 is 1.84 bits per heavy atom. The molecular weight excluding hydrogens is 428 g/mol. The number of sulfonamides is 1. The maximum atomic E-state index is 13.0. The van der Waals surface area contributed by atoms with Crippen molar-refractivity contribution in [3.05, 3.63) is 59.2 Å². The monoisotopic (exact) mass is 460 g/mol. The van der Waals surface area contributed by atoms with Crippen LogP contribution in [-0.2, 0) is 26.0 Å². The molecule has 7 nitrogen and oxygen atoms in total. The van der Waals surface area contributed by atoms with Gasteiger partial charge < -0.3 is 14.8 Å². The number of ether oxygens (including phenoxy) is 2. The number of hydrogen-bond acceptors (Lipinski definition) is 5. The van der Waals surface area contributed by atoms with Gasteiger partial charge in [0, 0.05) is 19.5 Å². The molecule has 1 aliphatic rings. The lowest BCUT2D eigenvalue weighted by Crippen LogP contribution is -2.40. The second-order valence-corrected chi connectivity index (χ2v) is 9.87. The topological polar surface area (TPSA) is 84.9 Å². The predicted molar refractivity (Wildman–Crippen MR) is 123 cm³/mol. The molecule has 3 rings (SSSR count). The zero-order valence-electron chi connectivity index (χ0n) is 19.0. The van der Waals surface area contributed by atoms with Gasteiger partial charge in [-0.05, 0) is 49.1 Å². The van der Waals surface area contributed by atoms with Gasteiger partial charge in [0.05, 0.1) is 31.3 Å². The third-order valence-corrected chi connectivity index (χ3v) is 7.60. The summed E-state index contributed by atoms with van der Waals surface area (Å²) in [6.45, 7) is 5.52. The highest BCUT2D eigenvalue weighted by molar-refractivity contribution is 7.89. The minimum atomic E-state index is -3.61. The summed E-state index contributed by atoms with van der Waals surface area (Å²) in [6, 6.07) is 12.9. The number of nitrogens with one attached hydrogen (secondary N) is 1. The van der Waals surface area contributed by atoms with Gasteiger partial charge in [0.25, 0.3) is 0 Å². The van der Waals surface area contributed by atoms with E-state index < -0.39 is 10.0 Å². The molecular formula is C24H32N2O5S. The average Bonchev–Trinajstić information content (AvgIpc) is 2.82. The van der Waals surface area contributed by atoms with Crippen LogP contribution >= 0.6 is 0 Å². The summed E-state index contributed by atoms with van der Waals surface area (Å²) in [7, 11) is -2.07. The van der Waals surface area contributed by atoms with Crippen LogP contribution in [0.3, 0.4) is 0 Å². The number of morpholine rings is 1. The van der Waals surface area contributed by atoms with Crippen molar-refractivity contribution in [1.29, 1.82) is 0 Å². The fraction of sp³-hybridized carbons (Fsp3) is 0.458. The highest BCUT2D eigenvalue weighted by atomic mass is 32.2. The molecule has 174 valence electrons. The largest absolute Gasteiger partial charge is 0.496 e. The van der Waals surface area contributed by atoms with Crippen LogP contribution in [0, 0.1) is 6.92 Å². The van der Waals surface area contributed by atoms with Crippen molar-refractivity contribution in [1.82, 2.24) is 9.62 Å². The van der Waals surface area contributed by atoms with Gasteiger partial charge >= 0.3 is 0 Å². The minimum absolute atomic E-state index is 0.0574. The molecule has 8 heteroatoms. The molecule has 32 heavy (non-hydrogen) atoms. The number of nitrogens with zero attached hydrogens (tertiary/aromatic N) is 1. The summed E-state index contributed by atoms with van der Waals surface area (Å²) in [6.07, 6.45) is 1.40. The second-order valence-electron chi connectivity index (χ2n) is 7.93. The molecule has 2 aromatic rings. The summed E-state index contributed by atoms with van der Waals surface area (Å²) >= 11 is 0. The molecule has 0 aliphatic carbocycles. The van der Waals surface area contributed by atoms with E-state index in [1.54, 1.807) is 25.3 Å². The first-order chi connectivity index (χ1) is 15.3. The number of carbonyl (C=O) groups is 1. The lowest BCUT2D eigenvalue weighted by atomic mass is 10.0. The molecule has 1 N–H and O–H groups in total. The first kappa shape index (κ1) is 24.2. The first-order valence-electron chi connectivity index (χ1n) is 11.0. The molecule has 0 radical (unpaired) electrons. The molecule has 1 saturated heterocycles. The Morgan fingerprint density at radius 1 is 1.16 bits per heavy atom. The van der Waals surface area contributed by atoms with Gasteiger partial charge in [0.1, 0.15) is 5.75 Å². The van der Waals surface area contributed by atoms with Gasteiger partial charge in [-0.2, -0.15) is 4.31 Å². The standard InChI is InChI=1S/C24H32N2O5S/c1-4-22(19-7-5-18(2)6-8-19)25-24(27)12-9-20-17-21(10-11-23(20)30-3)32(28,29)26-13-15-31-16-14-26/h5-8,10-11,17,22H,4,9,12-16H2,1-3H3,(H,25,27). The van der Waals surface area contributed by atoms with Crippen LogP contribution in [-0.4, -0.2) is 52.0 Å². The third-order valence-electron chi connectivity index (χ3n) is 5.70. The maximum absolute atomic E-state index is 13.0. The van der Waals surface area contributed by atoms with Crippen molar-refractivity contribution in [2.24, 2.45) is 0 Å². The quantitative estimate of drug-likeness (QED) is 0.621. The van der Waals surface area contributed by atoms with Crippen LogP contribution in [0.2, 0.25) is 0 Å². The molecule has 1 amide bonds. The van der Waals surface area contributed by atoms with Crippen molar-refractivity contribution in [2.75, 3.05) is 33.4 Å². The van der Waals surface area contributed by atoms with Crippen LogP contribution in [0.5, 0.6) is 5.75 Å². The van der Waals surface area contributed by atoms with Crippen LogP contribution in [0.15, 0.2) is 47.4 Å². The number of rotatable bonds is 9. The number of aryl methyl sites for hydroxylation is 2. The van der Waals surface area contributed by atoms with Gasteiger partial charge in [0.2, 0.25) is 15.9 Å². The molecule has 0 aromatic heterocycles. The van der Waals surface area contributed by atoms with Crippen LogP contribution < -0.4 is 10.1 Å². The third kappa shape index (κ3) is 5.88. The predicted octanol–water partition coefficient (Wildman–Crippen LogP) is 3.22. The van der Waals surface area contributed by atoms with E-state index in [2.05, 4.69) is 5.32 Å². The molecule has 1 fully saturated rings. The van der Waals surface area contributed by atoms with Crippen molar-refractivity contribution in [3.8, 4) is 5.75 Å². The molecule has 0 spiro atoms. The summed E-state index contributed by atoms with van der Waals surface area (Å²) in [5.41, 5.74) is 2.94. The zero-order chi connectivity index (χ0) is 23.1. The molecule has 1 unspecified atom stereocenters. The minimum Gasteiger partial charge on any atom is -0.496 e. The Labute approximate surface area is 190 Å². The van der Waals surface area contributed by atoms with E-state index in [4.69, 9.17) is 9.47 Å². The highest BCUT2D eigenvalue weighted by Gasteiger charge is 2.27. The molecule has 0 bridgehead atoms. The average molecular weight is 461 g/mol. The highest BCUT2D eigenvalue weighted by Crippen LogP contribution is 2.26. The van der Waals surface area contributed by atoms with Crippen LogP contribution in [0.1, 0.15) is 42.5 Å². The van der Waals surface area contributed by atoms with Gasteiger partial charge in [-0.1, -0.05) is 36.8 Å². The van der Waals surface area contributed by atoms with Crippen molar-refractivity contribution in [2.45, 2.75) is 44.0 Å². The summed E-state index contributed by atoms with van der Waals surface area (Å²) in [5.74, 6) is 0.491. The van der Waals surface area contributed by atoms with Gasteiger partial charge in [-0.15, -0.1) is 0 Å². The van der Waals surface area contributed by atoms with E-state index in [1.807, 2.05) is 38.1 Å². The van der Waals surface area contributed by atoms with E-state index >= 15 is 0 Å².